The Morgan fingerprint density at radius 1 is 1.00 bits per heavy atom. The van der Waals surface area contributed by atoms with Crippen molar-refractivity contribution in [2.24, 2.45) is 5.41 Å². The van der Waals surface area contributed by atoms with Crippen LogP contribution in [0.5, 0.6) is 0 Å². The quantitative estimate of drug-likeness (QED) is 0.214. The maximum atomic E-state index is 14.0. The van der Waals surface area contributed by atoms with E-state index in [0.717, 1.165) is 55.3 Å². The Kier molecular flexibility index (Phi) is 11.5. The first-order valence-corrected chi connectivity index (χ1v) is 17.5. The number of urea groups is 1. The molecule has 6 atom stereocenters. The van der Waals surface area contributed by atoms with Gasteiger partial charge in [-0.1, -0.05) is 51.7 Å². The lowest BCUT2D eigenvalue weighted by molar-refractivity contribution is -0.233. The van der Waals surface area contributed by atoms with Crippen LogP contribution in [0.3, 0.4) is 0 Å². The highest BCUT2D eigenvalue weighted by atomic mass is 32.2. The molecule has 2 aliphatic heterocycles. The minimum Gasteiger partial charge on any atom is -0.394 e. The van der Waals surface area contributed by atoms with Crippen LogP contribution < -0.4 is 15.5 Å². The van der Waals surface area contributed by atoms with Gasteiger partial charge in [-0.3, -0.25) is 0 Å². The molecule has 12 heteroatoms. The van der Waals surface area contributed by atoms with E-state index in [9.17, 15) is 33.6 Å². The molecular weight excluding hydrogens is 598 g/mol. The molecule has 250 valence electrons. The first kappa shape index (κ1) is 35.1. The summed E-state index contributed by atoms with van der Waals surface area (Å²) in [6, 6.07) is 12.1. The summed E-state index contributed by atoms with van der Waals surface area (Å²) < 4.78 is 33.5. The van der Waals surface area contributed by atoms with Gasteiger partial charge in [0.25, 0.3) is 0 Å². The Morgan fingerprint density at radius 3 is 2.31 bits per heavy atom. The molecule has 1 unspecified atom stereocenters. The van der Waals surface area contributed by atoms with Gasteiger partial charge < -0.3 is 40.7 Å². The fourth-order valence-corrected chi connectivity index (χ4v) is 8.88. The van der Waals surface area contributed by atoms with Crippen molar-refractivity contribution < 1.29 is 38.4 Å². The summed E-state index contributed by atoms with van der Waals surface area (Å²) in [6.45, 7) is 3.64. The summed E-state index contributed by atoms with van der Waals surface area (Å²) in [5.41, 5.74) is 2.55. The van der Waals surface area contributed by atoms with Crippen molar-refractivity contribution in [3.05, 3.63) is 53.6 Å². The number of carbonyl (C=O) groups is 1. The average Bonchev–Trinajstić information content (AvgIpc) is 3.11. The molecule has 2 amide bonds. The van der Waals surface area contributed by atoms with Gasteiger partial charge in [-0.15, -0.1) is 0 Å². The van der Waals surface area contributed by atoms with Gasteiger partial charge in [0, 0.05) is 31.4 Å². The molecule has 6 N–H and O–H groups in total. The summed E-state index contributed by atoms with van der Waals surface area (Å²) in [6.07, 6.45) is -1.21. The molecule has 0 saturated carbocycles. The lowest BCUT2D eigenvalue weighted by atomic mass is 9.70. The molecule has 0 radical (unpaired) electrons. The second-order valence-electron chi connectivity index (χ2n) is 12.8. The van der Waals surface area contributed by atoms with Crippen molar-refractivity contribution in [2.75, 3.05) is 36.7 Å². The number of amides is 2. The van der Waals surface area contributed by atoms with E-state index in [1.165, 1.54) is 0 Å². The molecule has 1 saturated heterocycles. The normalized spacial score (nSPS) is 27.2. The molecule has 0 spiro atoms. The van der Waals surface area contributed by atoms with Crippen molar-refractivity contribution >= 4 is 27.2 Å². The lowest BCUT2D eigenvalue weighted by Gasteiger charge is -2.40. The van der Waals surface area contributed by atoms with Crippen LogP contribution in [-0.2, 0) is 14.6 Å². The van der Waals surface area contributed by atoms with Gasteiger partial charge >= 0.3 is 6.03 Å². The first-order chi connectivity index (χ1) is 21.3. The Bertz CT molecular complexity index is 1410. The second-order valence-corrected chi connectivity index (χ2v) is 14.8. The zero-order chi connectivity index (χ0) is 32.9. The van der Waals surface area contributed by atoms with Crippen LogP contribution in [0, 0.1) is 5.41 Å². The minimum absolute atomic E-state index is 0.101. The van der Waals surface area contributed by atoms with Crippen molar-refractivity contribution in [1.29, 1.82) is 0 Å². The number of benzene rings is 2. The molecular formula is C33H49N3O8S. The largest absolute Gasteiger partial charge is 0.394 e. The summed E-state index contributed by atoms with van der Waals surface area (Å²) in [5, 5.41) is 45.1. The van der Waals surface area contributed by atoms with Gasteiger partial charge in [-0.25, -0.2) is 13.2 Å². The lowest BCUT2D eigenvalue weighted by Crippen LogP contribution is -2.63. The number of ether oxygens (including phenoxy) is 1. The average molecular weight is 648 g/mol. The SMILES string of the molecule is CCCCC1(CCCC)C[C@H](c2cccc(NC(=O)NC3O[C@H](CO)[C@@H](O)[C@H](O)[C@H]3O)c2)c2cc(N(C)C)ccc2S(=O)(=O)C1. The number of aliphatic hydroxyl groups excluding tert-OH is 4. The maximum absolute atomic E-state index is 14.0. The maximum Gasteiger partial charge on any atom is 0.321 e. The van der Waals surface area contributed by atoms with Crippen molar-refractivity contribution in [3.8, 4) is 0 Å². The number of nitrogens with one attached hydrogen (secondary N) is 2. The van der Waals surface area contributed by atoms with E-state index in [1.54, 1.807) is 12.1 Å². The number of anilines is 2. The van der Waals surface area contributed by atoms with Gasteiger partial charge in [0.15, 0.2) is 16.1 Å². The fraction of sp³-hybridized carbons (Fsp3) is 0.606. The predicted molar refractivity (Wildman–Crippen MR) is 173 cm³/mol. The van der Waals surface area contributed by atoms with Gasteiger partial charge in [0.05, 0.1) is 17.3 Å². The predicted octanol–water partition coefficient (Wildman–Crippen LogP) is 3.35. The van der Waals surface area contributed by atoms with Crippen LogP contribution in [0.25, 0.3) is 0 Å². The van der Waals surface area contributed by atoms with Crippen LogP contribution in [0.2, 0.25) is 0 Å². The number of hydrogen-bond acceptors (Lipinski definition) is 9. The van der Waals surface area contributed by atoms with Crippen LogP contribution in [0.1, 0.15) is 75.8 Å². The number of rotatable bonds is 11. The van der Waals surface area contributed by atoms with Gasteiger partial charge in [0.2, 0.25) is 0 Å². The molecule has 2 heterocycles. The van der Waals surface area contributed by atoms with Crippen molar-refractivity contribution in [3.63, 3.8) is 0 Å². The first-order valence-electron chi connectivity index (χ1n) is 15.9. The second kappa shape index (κ2) is 14.8. The topological polar surface area (TPSA) is 169 Å². The van der Waals surface area contributed by atoms with Crippen LogP contribution in [0.15, 0.2) is 47.4 Å². The van der Waals surface area contributed by atoms with Crippen LogP contribution in [0.4, 0.5) is 16.2 Å². The minimum atomic E-state index is -3.59. The van der Waals surface area contributed by atoms with Crippen LogP contribution >= 0.6 is 0 Å². The molecule has 45 heavy (non-hydrogen) atoms. The van der Waals surface area contributed by atoms with E-state index in [1.807, 2.05) is 49.3 Å². The highest BCUT2D eigenvalue weighted by Gasteiger charge is 2.45. The van der Waals surface area contributed by atoms with E-state index in [-0.39, 0.29) is 11.7 Å². The number of nitrogens with zero attached hydrogens (tertiary/aromatic N) is 1. The molecule has 0 aromatic heterocycles. The molecule has 2 aromatic carbocycles. The molecule has 11 nitrogen and oxygen atoms in total. The van der Waals surface area contributed by atoms with E-state index in [2.05, 4.69) is 24.5 Å². The smallest absolute Gasteiger partial charge is 0.321 e. The summed E-state index contributed by atoms with van der Waals surface area (Å²) >= 11 is 0. The highest BCUT2D eigenvalue weighted by Crippen LogP contribution is 2.50. The van der Waals surface area contributed by atoms with Crippen LogP contribution in [-0.4, -0.2) is 92.0 Å². The van der Waals surface area contributed by atoms with Gasteiger partial charge in [-0.2, -0.15) is 0 Å². The highest BCUT2D eigenvalue weighted by molar-refractivity contribution is 7.91. The molecule has 2 aromatic rings. The van der Waals surface area contributed by atoms with Crippen molar-refractivity contribution in [1.82, 2.24) is 5.32 Å². The third kappa shape index (κ3) is 7.98. The number of fused-ring (bicyclic) bond motifs is 1. The molecule has 0 bridgehead atoms. The number of carbonyl (C=O) groups excluding carboxylic acids is 1. The van der Waals surface area contributed by atoms with E-state index in [0.29, 0.717) is 17.0 Å². The zero-order valence-electron chi connectivity index (χ0n) is 26.6. The van der Waals surface area contributed by atoms with Gasteiger partial charge in [0.1, 0.15) is 24.4 Å². The molecule has 0 aliphatic carbocycles. The Labute approximate surface area is 266 Å². The standard InChI is InChI=1S/C33H49N3O8S/c1-5-7-14-33(15-8-6-2)18-25(24-17-23(36(3)4)12-13-27(24)45(42,43)20-33)21-10-9-11-22(16-21)34-32(41)35-31-30(40)29(39)28(38)26(19-37)44-31/h9-13,16-17,25-26,28-31,37-40H,5-8,14-15,18-20H2,1-4H3,(H2,34,35,41)/t25-,26-,28-,29+,30-,31?/m1/s1. The number of sulfone groups is 1. The molecule has 2 aliphatic rings. The molecule has 1 fully saturated rings. The monoisotopic (exact) mass is 647 g/mol. The Hall–Kier alpha value is -2.74. The summed E-state index contributed by atoms with van der Waals surface area (Å²) in [5.74, 6) is -0.147. The summed E-state index contributed by atoms with van der Waals surface area (Å²) in [4.78, 5) is 15.3. The van der Waals surface area contributed by atoms with E-state index in [4.69, 9.17) is 4.74 Å². The van der Waals surface area contributed by atoms with Gasteiger partial charge in [-0.05, 0) is 66.1 Å². The Balaban J connectivity index is 1.70. The summed E-state index contributed by atoms with van der Waals surface area (Å²) in [7, 11) is 0.260. The third-order valence-electron chi connectivity index (χ3n) is 9.19. The Morgan fingerprint density at radius 2 is 1.69 bits per heavy atom. The number of unbranched alkanes of at least 4 members (excludes halogenated alkanes) is 2. The zero-order valence-corrected chi connectivity index (χ0v) is 27.5. The number of hydrogen-bond donors (Lipinski definition) is 6. The third-order valence-corrected chi connectivity index (χ3v) is 11.2. The van der Waals surface area contributed by atoms with E-state index < -0.39 is 58.5 Å². The fourth-order valence-electron chi connectivity index (χ4n) is 6.68. The molecule has 4 rings (SSSR count). The van der Waals surface area contributed by atoms with Crippen molar-refractivity contribution in [2.45, 2.75) is 100 Å². The van der Waals surface area contributed by atoms with E-state index >= 15 is 0 Å². The number of aliphatic hydroxyl groups is 4.